The summed E-state index contributed by atoms with van der Waals surface area (Å²) in [4.78, 5) is 23.0. The van der Waals surface area contributed by atoms with Crippen molar-refractivity contribution in [3.8, 4) is 0 Å². The highest BCUT2D eigenvalue weighted by Gasteiger charge is 2.15. The first kappa shape index (κ1) is 11.6. The molecule has 0 saturated heterocycles. The second-order valence-electron chi connectivity index (χ2n) is 3.69. The van der Waals surface area contributed by atoms with E-state index >= 15 is 0 Å². The Bertz CT molecular complexity index is 380. The Hall–Kier alpha value is -1.45. The molecule has 0 saturated carbocycles. The highest BCUT2D eigenvalue weighted by Crippen LogP contribution is 2.09. The molecule has 0 fully saturated rings. The second-order valence-corrected chi connectivity index (χ2v) is 3.69. The number of nitrogens with zero attached hydrogens (tertiary/aromatic N) is 2. The van der Waals surface area contributed by atoms with Crippen LogP contribution >= 0.6 is 0 Å². The van der Waals surface area contributed by atoms with Crippen LogP contribution in [0.25, 0.3) is 0 Å². The highest BCUT2D eigenvalue weighted by molar-refractivity contribution is 6.08. The van der Waals surface area contributed by atoms with Gasteiger partial charge in [-0.2, -0.15) is 5.10 Å². The lowest BCUT2D eigenvalue weighted by Crippen LogP contribution is -2.08. The normalized spacial score (nSPS) is 10.3. The topological polar surface area (TPSA) is 52.0 Å². The summed E-state index contributed by atoms with van der Waals surface area (Å²) in [6.45, 7) is 3.70. The summed E-state index contributed by atoms with van der Waals surface area (Å²) in [5.74, 6) is -0.121. The van der Waals surface area contributed by atoms with Crippen LogP contribution in [0.3, 0.4) is 0 Å². The van der Waals surface area contributed by atoms with Crippen LogP contribution in [0.15, 0.2) is 6.20 Å². The smallest absolute Gasteiger partial charge is 0.173 e. The number of Topliss-reactive ketones (excluding diaryl/α,β-unsaturated/α-hetero) is 2. The molecule has 15 heavy (non-hydrogen) atoms. The quantitative estimate of drug-likeness (QED) is 0.546. The van der Waals surface area contributed by atoms with E-state index in [1.54, 1.807) is 24.9 Å². The van der Waals surface area contributed by atoms with Crippen molar-refractivity contribution in [1.29, 1.82) is 0 Å². The van der Waals surface area contributed by atoms with Gasteiger partial charge < -0.3 is 0 Å². The number of carbonyl (C=O) groups excluding carboxylic acids is 2. The summed E-state index contributed by atoms with van der Waals surface area (Å²) in [5.41, 5.74) is 1.24. The third kappa shape index (κ3) is 3.01. The van der Waals surface area contributed by atoms with Crippen LogP contribution in [0, 0.1) is 6.92 Å². The van der Waals surface area contributed by atoms with E-state index < -0.39 is 0 Å². The predicted molar refractivity (Wildman–Crippen MR) is 56.8 cm³/mol. The highest BCUT2D eigenvalue weighted by atomic mass is 16.1. The first-order valence-electron chi connectivity index (χ1n) is 5.09. The Morgan fingerprint density at radius 1 is 1.47 bits per heavy atom. The number of aryl methyl sites for hydroxylation is 2. The van der Waals surface area contributed by atoms with Gasteiger partial charge >= 0.3 is 0 Å². The first-order chi connectivity index (χ1) is 7.04. The number of aromatic nitrogens is 2. The van der Waals surface area contributed by atoms with Crippen molar-refractivity contribution < 1.29 is 9.59 Å². The van der Waals surface area contributed by atoms with Gasteiger partial charge in [0.05, 0.1) is 17.7 Å². The van der Waals surface area contributed by atoms with E-state index in [1.807, 2.05) is 6.92 Å². The van der Waals surface area contributed by atoms with Crippen LogP contribution < -0.4 is 0 Å². The van der Waals surface area contributed by atoms with Crippen LogP contribution in [0.2, 0.25) is 0 Å². The van der Waals surface area contributed by atoms with Gasteiger partial charge in [-0.1, -0.05) is 6.92 Å². The summed E-state index contributed by atoms with van der Waals surface area (Å²) >= 11 is 0. The minimum absolute atomic E-state index is 0.000370. The molecule has 0 N–H and O–H groups in total. The molecule has 4 nitrogen and oxygen atoms in total. The van der Waals surface area contributed by atoms with Gasteiger partial charge in [0.2, 0.25) is 0 Å². The zero-order chi connectivity index (χ0) is 11.4. The standard InChI is InChI=1S/C11H16N2O2/c1-4-5-9(14)6-11(15)10-7-13(3)12-8(10)2/h7H,4-6H2,1-3H3. The molecule has 0 spiro atoms. The average Bonchev–Trinajstić information content (AvgIpc) is 2.45. The molecule has 1 rings (SSSR count). The summed E-state index contributed by atoms with van der Waals surface area (Å²) in [5, 5.41) is 4.07. The third-order valence-electron chi connectivity index (χ3n) is 2.20. The van der Waals surface area contributed by atoms with Crippen molar-refractivity contribution in [1.82, 2.24) is 9.78 Å². The number of rotatable bonds is 5. The average molecular weight is 208 g/mol. The van der Waals surface area contributed by atoms with Gasteiger partial charge in [0.1, 0.15) is 5.78 Å². The van der Waals surface area contributed by atoms with E-state index in [-0.39, 0.29) is 18.0 Å². The fourth-order valence-corrected chi connectivity index (χ4v) is 1.51. The number of hydrogen-bond acceptors (Lipinski definition) is 3. The largest absolute Gasteiger partial charge is 0.299 e. The van der Waals surface area contributed by atoms with Gasteiger partial charge in [-0.05, 0) is 13.3 Å². The summed E-state index contributed by atoms with van der Waals surface area (Å²) < 4.78 is 1.59. The van der Waals surface area contributed by atoms with Gasteiger partial charge in [-0.3, -0.25) is 14.3 Å². The van der Waals surface area contributed by atoms with Crippen molar-refractivity contribution in [3.63, 3.8) is 0 Å². The first-order valence-corrected chi connectivity index (χ1v) is 5.09. The molecule has 1 aromatic heterocycles. The lowest BCUT2D eigenvalue weighted by molar-refractivity contribution is -0.118. The lowest BCUT2D eigenvalue weighted by atomic mass is 10.1. The Balaban J connectivity index is 2.69. The summed E-state index contributed by atoms with van der Waals surface area (Å²) in [7, 11) is 1.76. The zero-order valence-corrected chi connectivity index (χ0v) is 9.41. The van der Waals surface area contributed by atoms with Gasteiger partial charge in [-0.25, -0.2) is 0 Å². The number of carbonyl (C=O) groups is 2. The monoisotopic (exact) mass is 208 g/mol. The molecule has 0 atom stereocenters. The van der Waals surface area contributed by atoms with E-state index in [4.69, 9.17) is 0 Å². The molecular formula is C11H16N2O2. The van der Waals surface area contributed by atoms with Crippen molar-refractivity contribution in [3.05, 3.63) is 17.5 Å². The summed E-state index contributed by atoms with van der Waals surface area (Å²) in [6.07, 6.45) is 2.93. The van der Waals surface area contributed by atoms with Crippen LogP contribution in [-0.4, -0.2) is 21.3 Å². The minimum Gasteiger partial charge on any atom is -0.299 e. The maximum atomic E-state index is 11.7. The Morgan fingerprint density at radius 3 is 2.60 bits per heavy atom. The molecule has 0 aliphatic heterocycles. The van der Waals surface area contributed by atoms with Gasteiger partial charge in [0.15, 0.2) is 5.78 Å². The Kier molecular flexibility index (Phi) is 3.77. The minimum atomic E-state index is -0.126. The fourth-order valence-electron chi connectivity index (χ4n) is 1.51. The van der Waals surface area contributed by atoms with E-state index in [0.29, 0.717) is 17.7 Å². The van der Waals surface area contributed by atoms with Crippen molar-refractivity contribution in [2.75, 3.05) is 0 Å². The maximum absolute atomic E-state index is 11.7. The van der Waals surface area contributed by atoms with Crippen molar-refractivity contribution in [2.45, 2.75) is 33.1 Å². The molecule has 0 radical (unpaired) electrons. The Labute approximate surface area is 89.3 Å². The predicted octanol–water partition coefficient (Wildman–Crippen LogP) is 1.67. The van der Waals surface area contributed by atoms with E-state index in [0.717, 1.165) is 6.42 Å². The number of hydrogen-bond donors (Lipinski definition) is 0. The van der Waals surface area contributed by atoms with Crippen LogP contribution in [0.1, 0.15) is 42.2 Å². The lowest BCUT2D eigenvalue weighted by Gasteiger charge is -1.97. The molecule has 0 amide bonds. The molecule has 0 aromatic carbocycles. The molecule has 0 aliphatic carbocycles. The van der Waals surface area contributed by atoms with Crippen molar-refractivity contribution >= 4 is 11.6 Å². The fraction of sp³-hybridized carbons (Fsp3) is 0.545. The molecule has 0 bridgehead atoms. The molecular weight excluding hydrogens is 192 g/mol. The molecule has 0 aliphatic rings. The van der Waals surface area contributed by atoms with E-state index in [1.165, 1.54) is 0 Å². The molecule has 4 heteroatoms. The summed E-state index contributed by atoms with van der Waals surface area (Å²) in [6, 6.07) is 0. The molecule has 1 aromatic rings. The molecule has 82 valence electrons. The molecule has 1 heterocycles. The van der Waals surface area contributed by atoms with E-state index in [2.05, 4.69) is 5.10 Å². The molecule has 0 unspecified atom stereocenters. The van der Waals surface area contributed by atoms with Crippen LogP contribution in [-0.2, 0) is 11.8 Å². The van der Waals surface area contributed by atoms with E-state index in [9.17, 15) is 9.59 Å². The third-order valence-corrected chi connectivity index (χ3v) is 2.20. The van der Waals surface area contributed by atoms with Gasteiger partial charge in [-0.15, -0.1) is 0 Å². The van der Waals surface area contributed by atoms with Gasteiger partial charge in [0, 0.05) is 19.7 Å². The zero-order valence-electron chi connectivity index (χ0n) is 9.41. The van der Waals surface area contributed by atoms with Crippen LogP contribution in [0.5, 0.6) is 0 Å². The van der Waals surface area contributed by atoms with Crippen LogP contribution in [0.4, 0.5) is 0 Å². The van der Waals surface area contributed by atoms with Crippen molar-refractivity contribution in [2.24, 2.45) is 7.05 Å². The SMILES string of the molecule is CCCC(=O)CC(=O)c1cn(C)nc1C. The van der Waals surface area contributed by atoms with Gasteiger partial charge in [0.25, 0.3) is 0 Å². The Morgan fingerprint density at radius 2 is 2.13 bits per heavy atom. The second kappa shape index (κ2) is 4.87. The number of ketones is 2. The maximum Gasteiger partial charge on any atom is 0.173 e.